The van der Waals surface area contributed by atoms with Crippen molar-refractivity contribution in [1.29, 1.82) is 0 Å². The Balaban J connectivity index is 1.35. The maximum atomic E-state index is 14.4. The number of Topliss-reactive ketones (excluding diaryl/α,β-unsaturated/α-hetero) is 1. The van der Waals surface area contributed by atoms with Crippen molar-refractivity contribution >= 4 is 23.3 Å². The molecular weight excluding hydrogens is 427 g/mol. The van der Waals surface area contributed by atoms with Gasteiger partial charge in [-0.25, -0.2) is 4.39 Å². The predicted octanol–water partition coefficient (Wildman–Crippen LogP) is 3.39. The van der Waals surface area contributed by atoms with Crippen LogP contribution in [0, 0.1) is 12.7 Å². The molecule has 2 aromatic rings. The first-order valence-corrected chi connectivity index (χ1v) is 11.0. The average molecular weight is 457 g/mol. The standard InChI is InChI=1S/C25H29FN2O5/c1-18-5-3-6-21(15-18)32-14-4-7-25(31)33-17-24(30)28-12-10-27(11-13-28)23-9-8-20(19(2)29)16-22(23)26/h3,5-6,8-9,15-16H,4,7,10-14,17H2,1-2H3. The number of ketones is 1. The molecule has 0 spiro atoms. The fraction of sp³-hybridized carbons (Fsp3) is 0.400. The number of carbonyl (C=O) groups is 3. The average Bonchev–Trinajstić information content (AvgIpc) is 2.80. The van der Waals surface area contributed by atoms with Crippen molar-refractivity contribution in [2.24, 2.45) is 0 Å². The molecule has 1 saturated heterocycles. The number of halogens is 1. The van der Waals surface area contributed by atoms with E-state index in [1.165, 1.54) is 13.0 Å². The van der Waals surface area contributed by atoms with E-state index in [-0.39, 0.29) is 24.7 Å². The van der Waals surface area contributed by atoms with Gasteiger partial charge in [-0.1, -0.05) is 12.1 Å². The number of ether oxygens (including phenoxy) is 2. The second-order valence-electron chi connectivity index (χ2n) is 8.02. The maximum Gasteiger partial charge on any atom is 0.306 e. The highest BCUT2D eigenvalue weighted by molar-refractivity contribution is 5.94. The van der Waals surface area contributed by atoms with Crippen LogP contribution in [-0.4, -0.2) is 62.0 Å². The quantitative estimate of drug-likeness (QED) is 0.327. The molecule has 0 bridgehead atoms. The molecular formula is C25H29FN2O5. The molecule has 1 aliphatic rings. The fourth-order valence-corrected chi connectivity index (χ4v) is 3.60. The Labute approximate surface area is 193 Å². The Bertz CT molecular complexity index is 1000. The second kappa shape index (κ2) is 11.4. The van der Waals surface area contributed by atoms with E-state index in [4.69, 9.17) is 9.47 Å². The molecule has 8 heteroatoms. The van der Waals surface area contributed by atoms with E-state index >= 15 is 0 Å². The number of benzene rings is 2. The Hall–Kier alpha value is -3.42. The summed E-state index contributed by atoms with van der Waals surface area (Å²) >= 11 is 0. The smallest absolute Gasteiger partial charge is 0.306 e. The molecule has 0 aromatic heterocycles. The van der Waals surface area contributed by atoms with Crippen LogP contribution in [0.1, 0.15) is 35.7 Å². The van der Waals surface area contributed by atoms with Crippen molar-refractivity contribution in [2.45, 2.75) is 26.7 Å². The molecule has 0 aliphatic carbocycles. The third kappa shape index (κ3) is 7.03. The highest BCUT2D eigenvalue weighted by Gasteiger charge is 2.24. The van der Waals surface area contributed by atoms with Crippen LogP contribution in [0.4, 0.5) is 10.1 Å². The maximum absolute atomic E-state index is 14.4. The molecule has 0 atom stereocenters. The van der Waals surface area contributed by atoms with Crippen LogP contribution in [0.15, 0.2) is 42.5 Å². The van der Waals surface area contributed by atoms with Gasteiger partial charge in [-0.2, -0.15) is 0 Å². The van der Waals surface area contributed by atoms with Gasteiger partial charge in [0.15, 0.2) is 12.4 Å². The zero-order valence-electron chi connectivity index (χ0n) is 19.0. The van der Waals surface area contributed by atoms with Crippen molar-refractivity contribution in [3.8, 4) is 5.75 Å². The van der Waals surface area contributed by atoms with Gasteiger partial charge in [0.25, 0.3) is 5.91 Å². The van der Waals surface area contributed by atoms with Gasteiger partial charge in [0, 0.05) is 38.2 Å². The third-order valence-corrected chi connectivity index (χ3v) is 5.47. The van der Waals surface area contributed by atoms with E-state index in [2.05, 4.69) is 0 Å². The van der Waals surface area contributed by atoms with Gasteiger partial charge in [-0.05, 0) is 56.2 Å². The molecule has 0 radical (unpaired) electrons. The van der Waals surface area contributed by atoms with Gasteiger partial charge in [0.05, 0.1) is 12.3 Å². The predicted molar refractivity (Wildman–Crippen MR) is 122 cm³/mol. The Morgan fingerprint density at radius 1 is 1.03 bits per heavy atom. The summed E-state index contributed by atoms with van der Waals surface area (Å²) in [4.78, 5) is 39.1. The number of esters is 1. The van der Waals surface area contributed by atoms with Crippen LogP contribution in [0.2, 0.25) is 0 Å². The van der Waals surface area contributed by atoms with E-state index < -0.39 is 11.8 Å². The number of amides is 1. The summed E-state index contributed by atoms with van der Waals surface area (Å²) in [6, 6.07) is 12.1. The van der Waals surface area contributed by atoms with Crippen LogP contribution in [0.3, 0.4) is 0 Å². The summed E-state index contributed by atoms with van der Waals surface area (Å²) in [7, 11) is 0. The van der Waals surface area contributed by atoms with Crippen LogP contribution >= 0.6 is 0 Å². The van der Waals surface area contributed by atoms with Crippen LogP contribution < -0.4 is 9.64 Å². The van der Waals surface area contributed by atoms with Crippen molar-refractivity contribution in [3.63, 3.8) is 0 Å². The van der Waals surface area contributed by atoms with Gasteiger partial charge >= 0.3 is 5.97 Å². The number of hydrogen-bond donors (Lipinski definition) is 0. The molecule has 1 amide bonds. The van der Waals surface area contributed by atoms with Gasteiger partial charge in [-0.15, -0.1) is 0 Å². The zero-order chi connectivity index (χ0) is 23.8. The summed E-state index contributed by atoms with van der Waals surface area (Å²) < 4.78 is 25.1. The largest absolute Gasteiger partial charge is 0.494 e. The molecule has 1 heterocycles. The first-order chi connectivity index (χ1) is 15.8. The van der Waals surface area contributed by atoms with Gasteiger partial charge in [-0.3, -0.25) is 14.4 Å². The van der Waals surface area contributed by atoms with E-state index in [9.17, 15) is 18.8 Å². The lowest BCUT2D eigenvalue weighted by Crippen LogP contribution is -2.50. The number of anilines is 1. The molecule has 176 valence electrons. The molecule has 2 aromatic carbocycles. The molecule has 1 fully saturated rings. The lowest BCUT2D eigenvalue weighted by atomic mass is 10.1. The lowest BCUT2D eigenvalue weighted by molar-refractivity contribution is -0.152. The van der Waals surface area contributed by atoms with Gasteiger partial charge < -0.3 is 19.3 Å². The van der Waals surface area contributed by atoms with Crippen LogP contribution in [0.25, 0.3) is 0 Å². The van der Waals surface area contributed by atoms with Crippen molar-refractivity contribution in [1.82, 2.24) is 4.90 Å². The molecule has 1 aliphatic heterocycles. The second-order valence-corrected chi connectivity index (χ2v) is 8.02. The molecule has 7 nitrogen and oxygen atoms in total. The summed E-state index contributed by atoms with van der Waals surface area (Å²) in [6.07, 6.45) is 0.663. The van der Waals surface area contributed by atoms with E-state index in [1.54, 1.807) is 17.0 Å². The molecule has 0 unspecified atom stereocenters. The highest BCUT2D eigenvalue weighted by atomic mass is 19.1. The SMILES string of the molecule is CC(=O)c1ccc(N2CCN(C(=O)COC(=O)CCCOc3cccc(C)c3)CC2)c(F)c1. The van der Waals surface area contributed by atoms with Crippen LogP contribution in [0.5, 0.6) is 5.75 Å². The highest BCUT2D eigenvalue weighted by Crippen LogP contribution is 2.22. The molecule has 3 rings (SSSR count). The molecule has 33 heavy (non-hydrogen) atoms. The number of aryl methyl sites for hydroxylation is 1. The normalized spacial score (nSPS) is 13.5. The summed E-state index contributed by atoms with van der Waals surface area (Å²) in [6.45, 7) is 5.15. The lowest BCUT2D eigenvalue weighted by Gasteiger charge is -2.36. The number of carbonyl (C=O) groups excluding carboxylic acids is 3. The minimum atomic E-state index is -0.456. The summed E-state index contributed by atoms with van der Waals surface area (Å²) in [5, 5.41) is 0. The third-order valence-electron chi connectivity index (χ3n) is 5.47. The number of piperazine rings is 1. The minimum Gasteiger partial charge on any atom is -0.494 e. The monoisotopic (exact) mass is 456 g/mol. The van der Waals surface area contributed by atoms with Gasteiger partial charge in [0.1, 0.15) is 11.6 Å². The summed E-state index contributed by atoms with van der Waals surface area (Å²) in [5.74, 6) is -0.603. The Morgan fingerprint density at radius 2 is 1.79 bits per heavy atom. The molecule has 0 saturated carbocycles. The van der Waals surface area contributed by atoms with Crippen molar-refractivity contribution in [3.05, 3.63) is 59.4 Å². The first kappa shape index (κ1) is 24.2. The van der Waals surface area contributed by atoms with E-state index in [0.29, 0.717) is 50.5 Å². The van der Waals surface area contributed by atoms with Gasteiger partial charge in [0.2, 0.25) is 0 Å². The topological polar surface area (TPSA) is 76.2 Å². The Kier molecular flexibility index (Phi) is 8.40. The van der Waals surface area contributed by atoms with E-state index in [0.717, 1.165) is 11.3 Å². The van der Waals surface area contributed by atoms with Crippen molar-refractivity contribution < 1.29 is 28.2 Å². The van der Waals surface area contributed by atoms with Crippen LogP contribution in [-0.2, 0) is 14.3 Å². The zero-order valence-corrected chi connectivity index (χ0v) is 19.0. The fourth-order valence-electron chi connectivity index (χ4n) is 3.60. The Morgan fingerprint density at radius 3 is 2.45 bits per heavy atom. The molecule has 0 N–H and O–H groups in total. The summed E-state index contributed by atoms with van der Waals surface area (Å²) in [5.41, 5.74) is 1.84. The minimum absolute atomic E-state index is 0.169. The van der Waals surface area contributed by atoms with Crippen molar-refractivity contribution in [2.75, 3.05) is 44.3 Å². The number of nitrogens with zero attached hydrogens (tertiary/aromatic N) is 2. The first-order valence-electron chi connectivity index (χ1n) is 11.0. The number of rotatable bonds is 9. The number of hydrogen-bond acceptors (Lipinski definition) is 6. The van der Waals surface area contributed by atoms with E-state index in [1.807, 2.05) is 36.1 Å².